The lowest BCUT2D eigenvalue weighted by Gasteiger charge is -2.06. The predicted octanol–water partition coefficient (Wildman–Crippen LogP) is 4.18. The normalized spacial score (nSPS) is 10.4. The summed E-state index contributed by atoms with van der Waals surface area (Å²) >= 11 is 5.19. The van der Waals surface area contributed by atoms with Crippen molar-refractivity contribution in [2.75, 3.05) is 0 Å². The second-order valence-electron chi connectivity index (χ2n) is 4.40. The van der Waals surface area contributed by atoms with E-state index in [2.05, 4.69) is 9.97 Å². The van der Waals surface area contributed by atoms with Crippen LogP contribution in [-0.4, -0.2) is 15.1 Å². The molecule has 3 aromatic rings. The second kappa shape index (κ2) is 5.27. The molecule has 98 valence electrons. The molecule has 0 atom stereocenters. The summed E-state index contributed by atoms with van der Waals surface area (Å²) in [6, 6.07) is 18.8. The quantitative estimate of drug-likeness (QED) is 0.692. The Morgan fingerprint density at radius 3 is 2.40 bits per heavy atom. The van der Waals surface area contributed by atoms with Gasteiger partial charge < -0.3 is 10.1 Å². The Morgan fingerprint density at radius 2 is 1.65 bits per heavy atom. The van der Waals surface area contributed by atoms with Crippen LogP contribution in [0.15, 0.2) is 60.7 Å². The second-order valence-corrected chi connectivity index (χ2v) is 4.79. The molecule has 0 aliphatic rings. The van der Waals surface area contributed by atoms with Gasteiger partial charge in [0, 0.05) is 11.3 Å². The van der Waals surface area contributed by atoms with E-state index in [1.807, 2.05) is 42.5 Å². The standard InChI is InChI=1S/C16H12N2OS/c19-13-8-4-7-12(9-13)15-10-14(17-16(20)18-15)11-5-2-1-3-6-11/h1-10,19H,(H,17,18,20). The van der Waals surface area contributed by atoms with Gasteiger partial charge in [-0.25, -0.2) is 4.98 Å². The van der Waals surface area contributed by atoms with E-state index >= 15 is 0 Å². The fraction of sp³-hybridized carbons (Fsp3) is 0. The molecule has 0 fully saturated rings. The van der Waals surface area contributed by atoms with Gasteiger partial charge >= 0.3 is 0 Å². The van der Waals surface area contributed by atoms with Gasteiger partial charge in [-0.05, 0) is 36.0 Å². The van der Waals surface area contributed by atoms with Crippen LogP contribution in [0.3, 0.4) is 0 Å². The SMILES string of the molecule is Oc1cccc(-c2cc(-c3ccccc3)[nH]c(=S)n2)c1. The summed E-state index contributed by atoms with van der Waals surface area (Å²) in [7, 11) is 0. The molecule has 1 heterocycles. The number of rotatable bonds is 2. The first kappa shape index (κ1) is 12.6. The first-order valence-electron chi connectivity index (χ1n) is 6.18. The van der Waals surface area contributed by atoms with E-state index in [4.69, 9.17) is 12.2 Å². The van der Waals surface area contributed by atoms with Gasteiger partial charge in [-0.15, -0.1) is 0 Å². The average molecular weight is 280 g/mol. The maximum Gasteiger partial charge on any atom is 0.197 e. The maximum atomic E-state index is 9.57. The zero-order valence-electron chi connectivity index (χ0n) is 10.6. The Bertz CT molecular complexity index is 797. The minimum Gasteiger partial charge on any atom is -0.508 e. The Morgan fingerprint density at radius 1 is 0.900 bits per heavy atom. The zero-order chi connectivity index (χ0) is 13.9. The van der Waals surface area contributed by atoms with E-state index in [0.717, 1.165) is 22.5 Å². The number of aromatic nitrogens is 2. The molecule has 0 radical (unpaired) electrons. The molecule has 0 aliphatic heterocycles. The van der Waals surface area contributed by atoms with Crippen molar-refractivity contribution in [2.24, 2.45) is 0 Å². The summed E-state index contributed by atoms with van der Waals surface area (Å²) in [6.07, 6.45) is 0. The van der Waals surface area contributed by atoms with Gasteiger partial charge in [-0.3, -0.25) is 0 Å². The minimum absolute atomic E-state index is 0.212. The Hall–Kier alpha value is -2.46. The van der Waals surface area contributed by atoms with E-state index in [1.54, 1.807) is 18.2 Å². The lowest BCUT2D eigenvalue weighted by Crippen LogP contribution is -1.91. The van der Waals surface area contributed by atoms with Gasteiger partial charge in [0.2, 0.25) is 0 Å². The van der Waals surface area contributed by atoms with Crippen LogP contribution < -0.4 is 0 Å². The third-order valence-corrected chi connectivity index (χ3v) is 3.16. The fourth-order valence-electron chi connectivity index (χ4n) is 2.04. The van der Waals surface area contributed by atoms with Crippen LogP contribution in [0.4, 0.5) is 0 Å². The van der Waals surface area contributed by atoms with E-state index in [1.165, 1.54) is 0 Å². The van der Waals surface area contributed by atoms with E-state index < -0.39 is 0 Å². The number of aromatic hydroxyl groups is 1. The van der Waals surface area contributed by atoms with Crippen molar-refractivity contribution in [3.63, 3.8) is 0 Å². The molecule has 0 aliphatic carbocycles. The van der Waals surface area contributed by atoms with Crippen LogP contribution in [0.2, 0.25) is 0 Å². The predicted molar refractivity (Wildman–Crippen MR) is 82.0 cm³/mol. The summed E-state index contributed by atoms with van der Waals surface area (Å²) in [5.41, 5.74) is 3.53. The smallest absolute Gasteiger partial charge is 0.197 e. The maximum absolute atomic E-state index is 9.57. The van der Waals surface area contributed by atoms with Gasteiger partial charge in [-0.2, -0.15) is 0 Å². The first-order chi connectivity index (χ1) is 9.72. The molecule has 1 aromatic heterocycles. The third-order valence-electron chi connectivity index (χ3n) is 2.97. The van der Waals surface area contributed by atoms with Crippen LogP contribution in [0.5, 0.6) is 5.75 Å². The summed E-state index contributed by atoms with van der Waals surface area (Å²) < 4.78 is 0.421. The molecule has 0 bridgehead atoms. The fourth-order valence-corrected chi connectivity index (χ4v) is 2.25. The number of H-pyrrole nitrogens is 1. The highest BCUT2D eigenvalue weighted by atomic mass is 32.1. The molecule has 3 nitrogen and oxygen atoms in total. The summed E-state index contributed by atoms with van der Waals surface area (Å²) in [5.74, 6) is 0.212. The van der Waals surface area contributed by atoms with E-state index in [9.17, 15) is 5.11 Å². The number of nitrogens with one attached hydrogen (secondary N) is 1. The first-order valence-corrected chi connectivity index (χ1v) is 6.59. The van der Waals surface area contributed by atoms with Gasteiger partial charge in [0.15, 0.2) is 4.77 Å². The van der Waals surface area contributed by atoms with Crippen LogP contribution in [-0.2, 0) is 0 Å². The number of phenols is 1. The molecule has 2 N–H and O–H groups in total. The van der Waals surface area contributed by atoms with E-state index in [-0.39, 0.29) is 5.75 Å². The highest BCUT2D eigenvalue weighted by molar-refractivity contribution is 7.71. The van der Waals surface area contributed by atoms with Crippen LogP contribution in [0, 0.1) is 4.77 Å². The molecule has 0 saturated heterocycles. The topological polar surface area (TPSA) is 48.9 Å². The number of benzene rings is 2. The van der Waals surface area contributed by atoms with Gasteiger partial charge in [-0.1, -0.05) is 42.5 Å². The summed E-state index contributed by atoms with van der Waals surface area (Å²) in [5, 5.41) is 9.57. The molecule has 3 rings (SSSR count). The third kappa shape index (κ3) is 2.60. The van der Waals surface area contributed by atoms with Crippen molar-refractivity contribution >= 4 is 12.2 Å². The molecule has 2 aromatic carbocycles. The molecular formula is C16H12N2OS. The zero-order valence-corrected chi connectivity index (χ0v) is 11.4. The Balaban J connectivity index is 2.15. The number of phenolic OH excluding ortho intramolecular Hbond substituents is 1. The largest absolute Gasteiger partial charge is 0.508 e. The molecule has 0 amide bonds. The van der Waals surface area contributed by atoms with Crippen LogP contribution in [0.25, 0.3) is 22.5 Å². The van der Waals surface area contributed by atoms with Crippen molar-refractivity contribution < 1.29 is 5.11 Å². The number of aromatic amines is 1. The molecule has 4 heteroatoms. The molecule has 20 heavy (non-hydrogen) atoms. The molecule has 0 saturated carbocycles. The lowest BCUT2D eigenvalue weighted by atomic mass is 10.1. The van der Waals surface area contributed by atoms with Crippen LogP contribution in [0.1, 0.15) is 0 Å². The van der Waals surface area contributed by atoms with Gasteiger partial charge in [0.05, 0.1) is 5.69 Å². The van der Waals surface area contributed by atoms with Crippen LogP contribution >= 0.6 is 12.2 Å². The van der Waals surface area contributed by atoms with Crippen molar-refractivity contribution in [3.05, 3.63) is 65.4 Å². The lowest BCUT2D eigenvalue weighted by molar-refractivity contribution is 0.475. The van der Waals surface area contributed by atoms with Crippen molar-refractivity contribution in [1.82, 2.24) is 9.97 Å². The van der Waals surface area contributed by atoms with Crippen molar-refractivity contribution in [1.29, 1.82) is 0 Å². The highest BCUT2D eigenvalue weighted by Gasteiger charge is 2.05. The number of hydrogen-bond acceptors (Lipinski definition) is 3. The van der Waals surface area contributed by atoms with Gasteiger partial charge in [0.1, 0.15) is 5.75 Å². The average Bonchev–Trinajstić information content (AvgIpc) is 2.47. The Labute approximate surface area is 121 Å². The van der Waals surface area contributed by atoms with Gasteiger partial charge in [0.25, 0.3) is 0 Å². The minimum atomic E-state index is 0.212. The number of hydrogen-bond donors (Lipinski definition) is 2. The molecule has 0 unspecified atom stereocenters. The highest BCUT2D eigenvalue weighted by Crippen LogP contribution is 2.25. The molecular weight excluding hydrogens is 268 g/mol. The summed E-state index contributed by atoms with van der Waals surface area (Å²) in [6.45, 7) is 0. The molecule has 0 spiro atoms. The van der Waals surface area contributed by atoms with Crippen molar-refractivity contribution in [2.45, 2.75) is 0 Å². The summed E-state index contributed by atoms with van der Waals surface area (Å²) in [4.78, 5) is 7.41. The number of nitrogens with zero attached hydrogens (tertiary/aromatic N) is 1. The van der Waals surface area contributed by atoms with E-state index in [0.29, 0.717) is 4.77 Å². The Kier molecular flexibility index (Phi) is 3.31. The monoisotopic (exact) mass is 280 g/mol. The van der Waals surface area contributed by atoms with Crippen molar-refractivity contribution in [3.8, 4) is 28.3 Å².